The first-order valence-corrected chi connectivity index (χ1v) is 30.9. The van der Waals surface area contributed by atoms with E-state index < -0.39 is 46.7 Å². The fourth-order valence-electron chi connectivity index (χ4n) is 12.4. The molecule has 6 heterocycles. The number of nitrogens with zero attached hydrogens (tertiary/aromatic N) is 3. The van der Waals surface area contributed by atoms with Crippen LogP contribution in [0.1, 0.15) is 80.5 Å². The van der Waals surface area contributed by atoms with Gasteiger partial charge in [0.1, 0.15) is 35.2 Å². The number of hydrogen-bond donors (Lipinski definition) is 3. The van der Waals surface area contributed by atoms with Crippen molar-refractivity contribution in [2.45, 2.75) is 80.9 Å². The highest BCUT2D eigenvalue weighted by atomic mass is 32.2. The number of para-hydroxylation sites is 3. The fraction of sp³-hybridized carbons (Fsp3) is 0.328. The second kappa shape index (κ2) is 19.5. The predicted molar refractivity (Wildman–Crippen MR) is 291 cm³/mol. The monoisotopic (exact) mass is 1080 g/mol. The number of anilines is 1. The highest BCUT2D eigenvalue weighted by molar-refractivity contribution is 7.90. The van der Waals surface area contributed by atoms with E-state index in [2.05, 4.69) is 31.6 Å². The maximum Gasteiger partial charge on any atom is 0.345 e. The number of ether oxygens (including phenoxy) is 2. The van der Waals surface area contributed by atoms with Gasteiger partial charge in [0.2, 0.25) is 42.1 Å². The Morgan fingerprint density at radius 2 is 1.38 bits per heavy atom. The number of pyridine rings is 1. The van der Waals surface area contributed by atoms with E-state index in [-0.39, 0.29) is 35.8 Å². The predicted octanol–water partition coefficient (Wildman–Crippen LogP) is 5.74. The third kappa shape index (κ3) is 8.95. The molecular weight excluding hydrogens is 1020 g/mol. The fourth-order valence-corrected chi connectivity index (χ4v) is 15.6. The number of carbonyl (C=O) groups excluding carboxylic acids is 1. The molecule has 0 fully saturated rings. The first-order chi connectivity index (χ1) is 36.6. The van der Waals surface area contributed by atoms with Crippen molar-refractivity contribution in [1.82, 2.24) is 14.6 Å². The number of rotatable bonds is 14. The molecule has 0 radical (unpaired) electrons. The maximum atomic E-state index is 14.0. The molecule has 0 spiro atoms. The molecule has 76 heavy (non-hydrogen) atoms. The van der Waals surface area contributed by atoms with E-state index in [1.165, 1.54) is 34.3 Å². The molecule has 392 valence electrons. The Balaban J connectivity index is 0.793. The summed E-state index contributed by atoms with van der Waals surface area (Å²) in [6, 6.07) is 28.0. The highest BCUT2D eigenvalue weighted by Gasteiger charge is 2.38. The van der Waals surface area contributed by atoms with Crippen molar-refractivity contribution >= 4 is 69.0 Å². The van der Waals surface area contributed by atoms with Gasteiger partial charge in [-0.2, -0.15) is 13.0 Å². The number of carbonyl (C=O) groups is 1. The largest absolute Gasteiger partial charge is 0.455 e. The van der Waals surface area contributed by atoms with Gasteiger partial charge in [0.05, 0.1) is 32.5 Å². The van der Waals surface area contributed by atoms with E-state index in [9.17, 15) is 34.6 Å². The van der Waals surface area contributed by atoms with Gasteiger partial charge >= 0.3 is 5.97 Å². The minimum Gasteiger partial charge on any atom is -0.455 e. The minimum atomic E-state index is -5.01. The Labute approximate surface area is 442 Å². The quantitative estimate of drug-likeness (QED) is 0.0300. The van der Waals surface area contributed by atoms with Crippen LogP contribution in [0.25, 0.3) is 27.4 Å². The normalized spacial score (nSPS) is 16.0. The lowest BCUT2D eigenvalue weighted by atomic mass is 9.82. The average Bonchev–Trinajstić information content (AvgIpc) is 3.60. The summed E-state index contributed by atoms with van der Waals surface area (Å²) in [5, 5.41) is 6.03. The highest BCUT2D eigenvalue weighted by Crippen LogP contribution is 2.49. The van der Waals surface area contributed by atoms with Crippen molar-refractivity contribution in [3.63, 3.8) is 0 Å². The van der Waals surface area contributed by atoms with Crippen LogP contribution in [-0.2, 0) is 61.5 Å². The molecule has 0 amide bonds. The molecular formula is C58H59N5O10S3+2. The number of aryl methyl sites for hydroxylation is 4. The summed E-state index contributed by atoms with van der Waals surface area (Å²) in [6.45, 7) is 7.46. The van der Waals surface area contributed by atoms with E-state index in [0.717, 1.165) is 117 Å². The molecule has 15 nitrogen and oxygen atoms in total. The topological polar surface area (TPSA) is 192 Å². The van der Waals surface area contributed by atoms with Crippen LogP contribution >= 0.6 is 0 Å². The third-order valence-electron chi connectivity index (χ3n) is 15.7. The second-order valence-corrected chi connectivity index (χ2v) is 26.0. The van der Waals surface area contributed by atoms with E-state index in [4.69, 9.17) is 9.47 Å². The van der Waals surface area contributed by atoms with Crippen molar-refractivity contribution < 1.29 is 48.6 Å². The average molecular weight is 1080 g/mol. The molecule has 5 aliphatic rings. The Bertz CT molecular complexity index is 4040. The molecule has 1 aromatic heterocycles. The number of sulfonamides is 1. The lowest BCUT2D eigenvalue weighted by Gasteiger charge is -2.39. The molecule has 18 heteroatoms. The molecule has 0 atom stereocenters. The summed E-state index contributed by atoms with van der Waals surface area (Å²) >= 11 is 0. The van der Waals surface area contributed by atoms with Crippen molar-refractivity contribution in [3.05, 3.63) is 158 Å². The number of benzene rings is 6. The van der Waals surface area contributed by atoms with Gasteiger partial charge in [-0.05, 0) is 105 Å². The third-order valence-corrected chi connectivity index (χ3v) is 19.6. The van der Waals surface area contributed by atoms with Gasteiger partial charge < -0.3 is 19.7 Å². The summed E-state index contributed by atoms with van der Waals surface area (Å²) in [4.78, 5) is 15.6. The van der Waals surface area contributed by atoms with Crippen LogP contribution in [0.4, 0.5) is 5.69 Å². The van der Waals surface area contributed by atoms with E-state index in [1.807, 2.05) is 32.0 Å². The number of nitrogens with one attached hydrogen (secondary N) is 2. The molecule has 0 saturated heterocycles. The summed E-state index contributed by atoms with van der Waals surface area (Å²) < 4.78 is 114. The summed E-state index contributed by atoms with van der Waals surface area (Å²) in [7, 11) is -13.2. The van der Waals surface area contributed by atoms with Crippen LogP contribution < -0.4 is 44.1 Å². The van der Waals surface area contributed by atoms with E-state index in [0.29, 0.717) is 50.2 Å². The molecule has 0 saturated carbocycles. The van der Waals surface area contributed by atoms with Crippen molar-refractivity contribution in [2.24, 2.45) is 0 Å². The molecule has 0 unspecified atom stereocenters. The molecule has 6 aromatic carbocycles. The Morgan fingerprint density at radius 1 is 0.711 bits per heavy atom. The van der Waals surface area contributed by atoms with Gasteiger partial charge in [0.25, 0.3) is 10.1 Å². The van der Waals surface area contributed by atoms with Crippen molar-refractivity contribution in [3.8, 4) is 17.2 Å². The SMILES string of the molecule is Cc1cccc(C)c1OC(=O)c1c2ccccc2[n+](CS(=O)(=O)CCNCCNS(=O)(=O)c2ccc(C3=c4cc5c6c(c4Oc4c3cc3c7c4CCCN7CCC3)CCC[N+]=6CCC5)c(S(=O)(=O)O)c2)c2ccccc12. The zero-order valence-electron chi connectivity index (χ0n) is 42.4. The van der Waals surface area contributed by atoms with Crippen LogP contribution in [0.5, 0.6) is 17.2 Å². The molecule has 5 aliphatic heterocycles. The molecule has 0 aliphatic carbocycles. The maximum absolute atomic E-state index is 14.0. The smallest absolute Gasteiger partial charge is 0.345 e. The standard InChI is InChI=1S/C58H58N5O10S3/c1-36-12-7-13-37(2)55(36)73-58(64)52-41-16-3-5-20-48(41)63(49-21-6-4-17-42(49)52)35-74(65,66)31-26-59-24-25-60-75(67,68)40-22-23-43(50(34-40)76(69,70)71)51-46-32-38-14-8-27-61-29-10-18-44(53(38)61)56(46)72-57-45-19-11-30-62-28-9-15-39(54(45)62)33-47(51)57/h3-7,12-13,16-17,20-23,32-34,59-60H,8-11,14-15,18-19,24-31,35H2,1-2H3/q+1/p+1. The van der Waals surface area contributed by atoms with Crippen molar-refractivity contribution in [1.29, 1.82) is 0 Å². The molecule has 3 N–H and O–H groups in total. The van der Waals surface area contributed by atoms with Gasteiger partial charge in [-0.3, -0.25) is 4.55 Å². The Hall–Kier alpha value is -6.54. The lowest BCUT2D eigenvalue weighted by molar-refractivity contribution is -0.624. The molecule has 12 rings (SSSR count). The molecule has 0 bridgehead atoms. The summed E-state index contributed by atoms with van der Waals surface area (Å²) in [5.41, 5.74) is 10.2. The number of aromatic nitrogens is 1. The Morgan fingerprint density at radius 3 is 2.11 bits per heavy atom. The number of fused-ring (bicyclic) bond motifs is 6. The Kier molecular flexibility index (Phi) is 12.9. The van der Waals surface area contributed by atoms with Crippen LogP contribution in [0, 0.1) is 13.8 Å². The molecule has 7 aromatic rings. The summed E-state index contributed by atoms with van der Waals surface area (Å²) in [6.07, 6.45) is 7.17. The second-order valence-electron chi connectivity index (χ2n) is 20.6. The minimum absolute atomic E-state index is 0.000541. The number of sulfone groups is 1. The van der Waals surface area contributed by atoms with Gasteiger partial charge in [-0.25, -0.2) is 30.9 Å². The van der Waals surface area contributed by atoms with Gasteiger partial charge in [-0.15, -0.1) is 0 Å². The zero-order chi connectivity index (χ0) is 52.7. The lowest BCUT2D eigenvalue weighted by Crippen LogP contribution is -2.45. The zero-order valence-corrected chi connectivity index (χ0v) is 44.9. The van der Waals surface area contributed by atoms with Gasteiger partial charge in [0.15, 0.2) is 0 Å². The first kappa shape index (κ1) is 50.3. The van der Waals surface area contributed by atoms with Gasteiger partial charge in [-0.1, -0.05) is 48.5 Å². The number of esters is 1. The van der Waals surface area contributed by atoms with Gasteiger partial charge in [0, 0.05) is 96.4 Å². The number of hydrogen-bond acceptors (Lipinski definition) is 11. The van der Waals surface area contributed by atoms with Crippen LogP contribution in [0.15, 0.2) is 107 Å². The first-order valence-electron chi connectivity index (χ1n) is 26.1. The van der Waals surface area contributed by atoms with Crippen LogP contribution in [0.2, 0.25) is 0 Å². The van der Waals surface area contributed by atoms with Crippen LogP contribution in [-0.4, -0.2) is 87.3 Å². The van der Waals surface area contributed by atoms with E-state index in [1.54, 1.807) is 53.1 Å². The van der Waals surface area contributed by atoms with E-state index >= 15 is 0 Å². The van der Waals surface area contributed by atoms with Crippen molar-refractivity contribution in [2.75, 3.05) is 56.5 Å². The summed E-state index contributed by atoms with van der Waals surface area (Å²) in [5.74, 6) is 0.623. The van der Waals surface area contributed by atoms with Crippen LogP contribution in [0.3, 0.4) is 0 Å².